The lowest BCUT2D eigenvalue weighted by atomic mass is 9.41. The molecule has 5 fully saturated rings. The van der Waals surface area contributed by atoms with Crippen molar-refractivity contribution in [2.45, 2.75) is 119 Å². The molecule has 0 aromatic carbocycles. The average molecular weight is 567 g/mol. The van der Waals surface area contributed by atoms with Crippen LogP contribution in [0.5, 0.6) is 0 Å². The maximum Gasteiger partial charge on any atom is 0.331 e. The Kier molecular flexibility index (Phi) is 6.83. The molecule has 11 heteroatoms. The molecule has 0 aromatic heterocycles. The number of aliphatic hydroxyl groups is 6. The van der Waals surface area contributed by atoms with E-state index in [9.17, 15) is 40.2 Å². The molecule has 4 saturated carbocycles. The number of cyclic esters (lactones) is 1. The Morgan fingerprint density at radius 2 is 1.75 bits per heavy atom. The number of carbonyl (C=O) groups excluding carboxylic acids is 2. The molecule has 6 aliphatic rings. The Hall–Kier alpha value is -1.44. The van der Waals surface area contributed by atoms with E-state index in [1.807, 2.05) is 6.92 Å². The molecular weight excluding hydrogens is 524 g/mol. The molecule has 0 spiro atoms. The minimum absolute atomic E-state index is 0.0926. The van der Waals surface area contributed by atoms with Crippen molar-refractivity contribution in [2.75, 3.05) is 6.61 Å². The van der Waals surface area contributed by atoms with Crippen molar-refractivity contribution in [3.05, 3.63) is 11.6 Å². The third kappa shape index (κ3) is 3.71. The Labute approximate surface area is 233 Å². The minimum atomic E-state index is -1.47. The summed E-state index contributed by atoms with van der Waals surface area (Å²) in [5.74, 6) is -1.42. The van der Waals surface area contributed by atoms with E-state index in [0.29, 0.717) is 25.7 Å². The zero-order valence-electron chi connectivity index (χ0n) is 23.0. The Balaban J connectivity index is 1.25. The summed E-state index contributed by atoms with van der Waals surface area (Å²) in [4.78, 5) is 24.8. The van der Waals surface area contributed by atoms with E-state index >= 15 is 0 Å². The van der Waals surface area contributed by atoms with E-state index in [1.165, 1.54) is 6.08 Å². The number of carbonyl (C=O) groups is 2. The molecule has 2 aliphatic heterocycles. The van der Waals surface area contributed by atoms with E-state index in [0.717, 1.165) is 11.9 Å². The number of fused-ring (bicyclic) bond motifs is 5. The fourth-order valence-corrected chi connectivity index (χ4v) is 9.74. The van der Waals surface area contributed by atoms with E-state index < -0.39 is 76.8 Å². The molecule has 0 radical (unpaired) electrons. The van der Waals surface area contributed by atoms with Crippen molar-refractivity contribution in [3.8, 4) is 0 Å². The maximum atomic E-state index is 13.0. The SMILES string of the molecule is C[C@@H]1O[C@@H](O[C@H]2CC[C@]3(C=O)[C@H]4C[C@@H](O)[C@]5(C)[C@H](C6=CC(=O)OC6)CC[C@]5(O)[C@H]4CC[C@]3(O)C2)[C@H](O)[C@H](O)[C@H]1O. The normalized spacial score (nSPS) is 56.0. The van der Waals surface area contributed by atoms with Gasteiger partial charge in [0.05, 0.1) is 34.9 Å². The summed E-state index contributed by atoms with van der Waals surface area (Å²) in [7, 11) is 0. The van der Waals surface area contributed by atoms with Gasteiger partial charge in [0.2, 0.25) is 0 Å². The molecule has 2 heterocycles. The highest BCUT2D eigenvalue weighted by Gasteiger charge is 2.74. The predicted molar refractivity (Wildman–Crippen MR) is 136 cm³/mol. The van der Waals surface area contributed by atoms with Gasteiger partial charge in [-0.15, -0.1) is 0 Å². The second-order valence-electron chi connectivity index (χ2n) is 13.5. The second-order valence-corrected chi connectivity index (χ2v) is 13.5. The highest BCUT2D eigenvalue weighted by molar-refractivity contribution is 5.85. The lowest BCUT2D eigenvalue weighted by Crippen LogP contribution is -2.71. The molecule has 11 nitrogen and oxygen atoms in total. The molecule has 0 amide bonds. The van der Waals surface area contributed by atoms with Gasteiger partial charge in [-0.1, -0.05) is 6.92 Å². The van der Waals surface area contributed by atoms with E-state index in [2.05, 4.69) is 0 Å². The highest BCUT2D eigenvalue weighted by Crippen LogP contribution is 2.70. The van der Waals surface area contributed by atoms with Crippen LogP contribution in [0, 0.1) is 28.6 Å². The quantitative estimate of drug-likeness (QED) is 0.149. The van der Waals surface area contributed by atoms with Crippen molar-refractivity contribution in [3.63, 3.8) is 0 Å². The summed E-state index contributed by atoms with van der Waals surface area (Å²) in [5, 5.41) is 66.7. The van der Waals surface area contributed by atoms with Crippen molar-refractivity contribution >= 4 is 12.3 Å². The van der Waals surface area contributed by atoms with Crippen LogP contribution in [0.15, 0.2) is 11.6 Å². The van der Waals surface area contributed by atoms with Gasteiger partial charge in [0.1, 0.15) is 31.2 Å². The van der Waals surface area contributed by atoms with Crippen LogP contribution in [-0.4, -0.2) is 104 Å². The van der Waals surface area contributed by atoms with Crippen LogP contribution in [-0.2, 0) is 23.8 Å². The molecule has 1 saturated heterocycles. The molecule has 224 valence electrons. The zero-order valence-corrected chi connectivity index (χ0v) is 23.0. The highest BCUT2D eigenvalue weighted by atomic mass is 16.7. The number of esters is 1. The molecular formula is C29H42O11. The van der Waals surface area contributed by atoms with Gasteiger partial charge in [-0.3, -0.25) is 0 Å². The molecule has 6 rings (SSSR count). The van der Waals surface area contributed by atoms with Crippen LogP contribution in [0.1, 0.15) is 65.2 Å². The van der Waals surface area contributed by atoms with Crippen LogP contribution in [0.4, 0.5) is 0 Å². The number of ether oxygens (including phenoxy) is 3. The number of hydrogen-bond acceptors (Lipinski definition) is 11. The first-order valence-corrected chi connectivity index (χ1v) is 14.6. The molecule has 0 unspecified atom stereocenters. The first-order chi connectivity index (χ1) is 18.8. The van der Waals surface area contributed by atoms with Gasteiger partial charge in [0.15, 0.2) is 6.29 Å². The van der Waals surface area contributed by atoms with Crippen molar-refractivity contribution < 1.29 is 54.4 Å². The molecule has 6 N–H and O–H groups in total. The van der Waals surface area contributed by atoms with Crippen LogP contribution in [0.3, 0.4) is 0 Å². The first-order valence-electron chi connectivity index (χ1n) is 14.6. The van der Waals surface area contributed by atoms with Crippen LogP contribution in [0.25, 0.3) is 0 Å². The summed E-state index contributed by atoms with van der Waals surface area (Å²) in [5.41, 5.74) is -4.09. The largest absolute Gasteiger partial charge is 0.458 e. The minimum Gasteiger partial charge on any atom is -0.458 e. The monoisotopic (exact) mass is 566 g/mol. The van der Waals surface area contributed by atoms with Gasteiger partial charge in [-0.2, -0.15) is 0 Å². The first kappa shape index (κ1) is 28.7. The van der Waals surface area contributed by atoms with Gasteiger partial charge in [0.25, 0.3) is 0 Å². The summed E-state index contributed by atoms with van der Waals surface area (Å²) >= 11 is 0. The average Bonchev–Trinajstić information content (AvgIpc) is 3.46. The Morgan fingerprint density at radius 1 is 1.00 bits per heavy atom. The third-order valence-electron chi connectivity index (χ3n) is 12.1. The molecule has 0 aromatic rings. The van der Waals surface area contributed by atoms with Gasteiger partial charge in [0, 0.05) is 17.9 Å². The van der Waals surface area contributed by atoms with E-state index in [1.54, 1.807) is 6.92 Å². The Morgan fingerprint density at radius 3 is 2.42 bits per heavy atom. The van der Waals surface area contributed by atoms with Crippen LogP contribution in [0.2, 0.25) is 0 Å². The third-order valence-corrected chi connectivity index (χ3v) is 12.1. The summed E-state index contributed by atoms with van der Waals surface area (Å²) in [6, 6.07) is 0. The Bertz CT molecular complexity index is 1080. The maximum absolute atomic E-state index is 13.0. The van der Waals surface area contributed by atoms with Crippen LogP contribution < -0.4 is 0 Å². The van der Waals surface area contributed by atoms with Crippen molar-refractivity contribution in [2.24, 2.45) is 28.6 Å². The molecule has 0 bridgehead atoms. The standard InChI is InChI=1S/C29H42O11/c1-14-22(33)23(34)24(35)25(39-14)40-16-3-6-27(13-30)19-10-20(31)26(2)17(15-9-21(32)38-12-15)5-8-29(26,37)18(19)4-7-28(27,36)11-16/h9,13-14,16-20,22-25,31,33-37H,3-8,10-12H2,1-2H3/t14-,16-,17-,18-,19-,20+,22-,23+,24+,25-,26-,27-,28-,29-/m0/s1. The zero-order chi connectivity index (χ0) is 28.8. The summed E-state index contributed by atoms with van der Waals surface area (Å²) in [6.07, 6.45) is -2.70. The topological polar surface area (TPSA) is 183 Å². The van der Waals surface area contributed by atoms with Gasteiger partial charge in [-0.05, 0) is 75.2 Å². The fourth-order valence-electron chi connectivity index (χ4n) is 9.74. The van der Waals surface area contributed by atoms with Crippen molar-refractivity contribution in [1.29, 1.82) is 0 Å². The summed E-state index contributed by atoms with van der Waals surface area (Å²) < 4.78 is 16.8. The number of hydrogen-bond donors (Lipinski definition) is 6. The van der Waals surface area contributed by atoms with Crippen molar-refractivity contribution in [1.82, 2.24) is 0 Å². The van der Waals surface area contributed by atoms with E-state index in [-0.39, 0.29) is 44.1 Å². The van der Waals surface area contributed by atoms with Gasteiger partial charge in [-0.25, -0.2) is 4.79 Å². The number of aldehydes is 1. The molecule has 40 heavy (non-hydrogen) atoms. The smallest absolute Gasteiger partial charge is 0.331 e. The summed E-state index contributed by atoms with van der Waals surface area (Å²) in [6.45, 7) is 3.61. The molecule has 14 atom stereocenters. The lowest BCUT2D eigenvalue weighted by Gasteiger charge is -2.66. The van der Waals surface area contributed by atoms with E-state index in [4.69, 9.17) is 14.2 Å². The number of rotatable bonds is 4. The fraction of sp³-hybridized carbons (Fsp3) is 0.862. The van der Waals surface area contributed by atoms with Gasteiger partial charge >= 0.3 is 5.97 Å². The second kappa shape index (κ2) is 9.54. The predicted octanol–water partition coefficient (Wildman–Crippen LogP) is -0.279. The van der Waals surface area contributed by atoms with Gasteiger partial charge < -0.3 is 49.6 Å². The van der Waals surface area contributed by atoms with Crippen LogP contribution >= 0.6 is 0 Å². The lowest BCUT2D eigenvalue weighted by molar-refractivity contribution is -0.319. The molecule has 4 aliphatic carbocycles. The number of aliphatic hydroxyl groups excluding tert-OH is 4.